The van der Waals surface area contributed by atoms with Gasteiger partial charge in [0.2, 0.25) is 0 Å². The van der Waals surface area contributed by atoms with E-state index in [1.54, 1.807) is 48.5 Å². The summed E-state index contributed by atoms with van der Waals surface area (Å²) in [5, 5.41) is 0. The van der Waals surface area contributed by atoms with Crippen molar-refractivity contribution in [2.24, 2.45) is 5.92 Å². The van der Waals surface area contributed by atoms with Crippen molar-refractivity contribution in [3.63, 3.8) is 0 Å². The minimum atomic E-state index is -3.88. The molecule has 5 nitrogen and oxygen atoms in total. The van der Waals surface area contributed by atoms with Crippen LogP contribution in [0.5, 0.6) is 0 Å². The molecule has 3 aromatic rings. The second-order valence-corrected chi connectivity index (χ2v) is 12.2. The second-order valence-electron chi connectivity index (χ2n) is 8.12. The molecular formula is C25H26O5S2. The van der Waals surface area contributed by atoms with E-state index < -0.39 is 42.9 Å². The Morgan fingerprint density at radius 1 is 0.594 bits per heavy atom. The molecule has 0 radical (unpaired) electrons. The van der Waals surface area contributed by atoms with Gasteiger partial charge in [-0.05, 0) is 45.0 Å². The van der Waals surface area contributed by atoms with E-state index in [0.717, 1.165) is 16.7 Å². The number of rotatable bonds is 8. The topological polar surface area (TPSA) is 85.3 Å². The zero-order chi connectivity index (χ0) is 23.5. The van der Waals surface area contributed by atoms with Crippen LogP contribution in [0.1, 0.15) is 27.0 Å². The van der Waals surface area contributed by atoms with Gasteiger partial charge in [0.05, 0.1) is 27.2 Å². The van der Waals surface area contributed by atoms with Gasteiger partial charge in [-0.3, -0.25) is 4.79 Å². The summed E-state index contributed by atoms with van der Waals surface area (Å²) in [5.41, 5.74) is 3.04. The summed E-state index contributed by atoms with van der Waals surface area (Å²) in [6, 6.07) is 19.3. The van der Waals surface area contributed by atoms with Gasteiger partial charge in [0.1, 0.15) is 0 Å². The van der Waals surface area contributed by atoms with E-state index in [1.165, 1.54) is 24.3 Å². The van der Waals surface area contributed by atoms with Crippen molar-refractivity contribution in [3.8, 4) is 0 Å². The molecule has 0 bridgehead atoms. The van der Waals surface area contributed by atoms with E-state index in [9.17, 15) is 21.6 Å². The normalized spacial score (nSPS) is 12.1. The SMILES string of the molecule is Cc1ccc(C(=O)C(CS(=O)(=O)c2ccc(C)cc2)CS(=O)(=O)c2ccc(C)cc2)cc1. The lowest BCUT2D eigenvalue weighted by molar-refractivity contribution is 0.0942. The van der Waals surface area contributed by atoms with Gasteiger partial charge in [0, 0.05) is 5.56 Å². The Morgan fingerprint density at radius 2 is 0.906 bits per heavy atom. The summed E-state index contributed by atoms with van der Waals surface area (Å²) in [4.78, 5) is 13.4. The van der Waals surface area contributed by atoms with Crippen molar-refractivity contribution in [3.05, 3.63) is 95.1 Å². The maximum Gasteiger partial charge on any atom is 0.179 e. The lowest BCUT2D eigenvalue weighted by Gasteiger charge is -2.17. The van der Waals surface area contributed by atoms with Crippen LogP contribution < -0.4 is 0 Å². The van der Waals surface area contributed by atoms with Crippen molar-refractivity contribution in [1.82, 2.24) is 0 Å². The van der Waals surface area contributed by atoms with Gasteiger partial charge in [0.15, 0.2) is 25.5 Å². The summed E-state index contributed by atoms with van der Waals surface area (Å²) >= 11 is 0. The molecule has 0 aliphatic heterocycles. The van der Waals surface area contributed by atoms with E-state index in [2.05, 4.69) is 0 Å². The second kappa shape index (κ2) is 9.38. The number of Topliss-reactive ketones (excluding diaryl/α,β-unsaturated/α-hetero) is 1. The average Bonchev–Trinajstić information content (AvgIpc) is 2.73. The molecule has 0 aliphatic rings. The zero-order valence-corrected chi connectivity index (χ0v) is 19.9. The summed E-state index contributed by atoms with van der Waals surface area (Å²) in [6.07, 6.45) is 0. The molecule has 0 N–H and O–H groups in total. The van der Waals surface area contributed by atoms with Crippen LogP contribution in [0.15, 0.2) is 82.6 Å². The molecule has 0 fully saturated rings. The summed E-state index contributed by atoms with van der Waals surface area (Å²) < 4.78 is 52.3. The molecule has 0 atom stereocenters. The molecular weight excluding hydrogens is 444 g/mol. The Kier molecular flexibility index (Phi) is 7.00. The average molecular weight is 471 g/mol. The van der Waals surface area contributed by atoms with E-state index in [-0.39, 0.29) is 9.79 Å². The van der Waals surface area contributed by atoms with Crippen molar-refractivity contribution < 1.29 is 21.6 Å². The molecule has 0 spiro atoms. The Bertz CT molecular complexity index is 1230. The van der Waals surface area contributed by atoms with E-state index in [0.29, 0.717) is 5.56 Å². The van der Waals surface area contributed by atoms with Crippen LogP contribution in [0, 0.1) is 26.7 Å². The maximum atomic E-state index is 13.3. The molecule has 0 saturated heterocycles. The van der Waals surface area contributed by atoms with E-state index >= 15 is 0 Å². The first kappa shape index (κ1) is 23.9. The van der Waals surface area contributed by atoms with Gasteiger partial charge in [-0.15, -0.1) is 0 Å². The van der Waals surface area contributed by atoms with Crippen LogP contribution in [0.4, 0.5) is 0 Å². The van der Waals surface area contributed by atoms with Crippen LogP contribution in [-0.2, 0) is 19.7 Å². The van der Waals surface area contributed by atoms with Gasteiger partial charge in [-0.2, -0.15) is 0 Å². The number of benzene rings is 3. The molecule has 0 heterocycles. The summed E-state index contributed by atoms with van der Waals surface area (Å²) in [7, 11) is -7.77. The first-order chi connectivity index (χ1) is 15.0. The molecule has 0 aromatic heterocycles. The molecule has 168 valence electrons. The van der Waals surface area contributed by atoms with Crippen molar-refractivity contribution in [2.75, 3.05) is 11.5 Å². The highest BCUT2D eigenvalue weighted by Gasteiger charge is 2.32. The molecule has 3 rings (SSSR count). The fourth-order valence-corrected chi connectivity index (χ4v) is 6.60. The quantitative estimate of drug-likeness (QED) is 0.457. The highest BCUT2D eigenvalue weighted by Crippen LogP contribution is 2.23. The Hall–Kier alpha value is -2.77. The number of ketones is 1. The van der Waals surface area contributed by atoms with Gasteiger partial charge < -0.3 is 0 Å². The van der Waals surface area contributed by atoms with Crippen LogP contribution in [0.3, 0.4) is 0 Å². The highest BCUT2D eigenvalue weighted by atomic mass is 32.2. The minimum absolute atomic E-state index is 0.0672. The molecule has 0 unspecified atom stereocenters. The number of carbonyl (C=O) groups is 1. The van der Waals surface area contributed by atoms with Gasteiger partial charge in [0.25, 0.3) is 0 Å². The monoisotopic (exact) mass is 470 g/mol. The molecule has 0 aliphatic carbocycles. The summed E-state index contributed by atoms with van der Waals surface area (Å²) in [5.74, 6) is -2.92. The first-order valence-corrected chi connectivity index (χ1v) is 13.5. The van der Waals surface area contributed by atoms with E-state index in [1.807, 2.05) is 20.8 Å². The molecule has 32 heavy (non-hydrogen) atoms. The lowest BCUT2D eigenvalue weighted by Crippen LogP contribution is -2.31. The smallest absolute Gasteiger partial charge is 0.179 e. The van der Waals surface area contributed by atoms with Crippen molar-refractivity contribution in [1.29, 1.82) is 0 Å². The van der Waals surface area contributed by atoms with Gasteiger partial charge in [-0.25, -0.2) is 16.8 Å². The van der Waals surface area contributed by atoms with E-state index in [4.69, 9.17) is 0 Å². The number of carbonyl (C=O) groups excluding carboxylic acids is 1. The minimum Gasteiger partial charge on any atom is -0.294 e. The molecule has 0 amide bonds. The Morgan fingerprint density at radius 3 is 1.25 bits per heavy atom. The number of sulfone groups is 2. The number of hydrogen-bond donors (Lipinski definition) is 0. The molecule has 3 aromatic carbocycles. The van der Waals surface area contributed by atoms with Crippen molar-refractivity contribution in [2.45, 2.75) is 30.6 Å². The number of hydrogen-bond acceptors (Lipinski definition) is 5. The van der Waals surface area contributed by atoms with Gasteiger partial charge >= 0.3 is 0 Å². The maximum absolute atomic E-state index is 13.3. The predicted molar refractivity (Wildman–Crippen MR) is 125 cm³/mol. The van der Waals surface area contributed by atoms with Crippen LogP contribution in [0.25, 0.3) is 0 Å². The molecule has 0 saturated carbocycles. The third-order valence-corrected chi connectivity index (χ3v) is 8.97. The zero-order valence-electron chi connectivity index (χ0n) is 18.3. The predicted octanol–water partition coefficient (Wildman–Crippen LogP) is 4.36. The summed E-state index contributed by atoms with van der Waals surface area (Å²) in [6.45, 7) is 5.55. The van der Waals surface area contributed by atoms with Crippen molar-refractivity contribution >= 4 is 25.5 Å². The fraction of sp³-hybridized carbons (Fsp3) is 0.240. The first-order valence-electron chi connectivity index (χ1n) is 10.2. The van der Waals surface area contributed by atoms with Crippen LogP contribution >= 0.6 is 0 Å². The lowest BCUT2D eigenvalue weighted by atomic mass is 10.00. The fourth-order valence-electron chi connectivity index (χ4n) is 3.37. The van der Waals surface area contributed by atoms with Crippen LogP contribution in [-0.4, -0.2) is 34.1 Å². The van der Waals surface area contributed by atoms with Gasteiger partial charge in [-0.1, -0.05) is 65.2 Å². The Labute approximate surface area is 190 Å². The number of aryl methyl sites for hydroxylation is 3. The third kappa shape index (κ3) is 5.72. The highest BCUT2D eigenvalue weighted by molar-refractivity contribution is 7.92. The van der Waals surface area contributed by atoms with Crippen LogP contribution in [0.2, 0.25) is 0 Å². The largest absolute Gasteiger partial charge is 0.294 e. The Balaban J connectivity index is 1.98. The standard InChI is InChI=1S/C25H26O5S2/c1-18-4-10-21(11-5-18)25(26)22(16-31(27,28)23-12-6-19(2)7-13-23)17-32(29,30)24-14-8-20(3)9-15-24/h4-15,22H,16-17H2,1-3H3. The molecule has 7 heteroatoms. The third-order valence-electron chi connectivity index (χ3n) is 5.31.